The fourth-order valence-electron chi connectivity index (χ4n) is 7.19. The van der Waals surface area contributed by atoms with Crippen LogP contribution in [0.25, 0.3) is 11.1 Å². The van der Waals surface area contributed by atoms with E-state index >= 15 is 0 Å². The van der Waals surface area contributed by atoms with Crippen molar-refractivity contribution in [3.05, 3.63) is 89.5 Å². The van der Waals surface area contributed by atoms with Crippen LogP contribution < -0.4 is 24.8 Å². The van der Waals surface area contributed by atoms with Gasteiger partial charge in [-0.25, -0.2) is 6.07 Å². The Morgan fingerprint density at radius 1 is 0.806 bits per heavy atom. The third kappa shape index (κ3) is 4.53. The molecule has 0 aromatic heterocycles. The summed E-state index contributed by atoms with van der Waals surface area (Å²) in [6.07, 6.45) is 10.2. The van der Waals surface area contributed by atoms with Crippen LogP contribution in [-0.2, 0) is 38.0 Å². The van der Waals surface area contributed by atoms with Crippen LogP contribution in [0.5, 0.6) is 0 Å². The van der Waals surface area contributed by atoms with Gasteiger partial charge in [-0.1, -0.05) is 60.1 Å². The van der Waals surface area contributed by atoms with Gasteiger partial charge in [0.05, 0.1) is 0 Å². The Hall–Kier alpha value is -0.747. The maximum absolute atomic E-state index is 3.30. The van der Waals surface area contributed by atoms with E-state index in [1.807, 2.05) is 6.07 Å². The van der Waals surface area contributed by atoms with Gasteiger partial charge in [0.1, 0.15) is 0 Å². The Morgan fingerprint density at radius 3 is 2.10 bits per heavy atom. The minimum Gasteiger partial charge on any atom is -1.00 e. The SMILES string of the molecule is [Cl-].[Cl-].[Zr+4].[c-]1cccc2c1Cc1ccccc1-2.c1cc(C23CC4CC(CC(C4)C2)C3)c[cH-]1. The van der Waals surface area contributed by atoms with Gasteiger partial charge in [0.15, 0.2) is 0 Å². The number of hydrogen-bond acceptors (Lipinski definition) is 0. The Kier molecular flexibility index (Phi) is 8.05. The molecular formula is C28H28Cl2Zr. The molecule has 4 bridgehead atoms. The van der Waals surface area contributed by atoms with Crippen molar-refractivity contribution in [3.63, 3.8) is 0 Å². The summed E-state index contributed by atoms with van der Waals surface area (Å²) in [5.41, 5.74) is 7.80. The van der Waals surface area contributed by atoms with Gasteiger partial charge in [0.2, 0.25) is 0 Å². The molecule has 0 saturated heterocycles. The van der Waals surface area contributed by atoms with Gasteiger partial charge in [-0.15, -0.1) is 5.56 Å². The van der Waals surface area contributed by atoms with E-state index in [4.69, 9.17) is 0 Å². The predicted molar refractivity (Wildman–Crippen MR) is 115 cm³/mol. The first-order valence-electron chi connectivity index (χ1n) is 11.1. The molecule has 3 heteroatoms. The summed E-state index contributed by atoms with van der Waals surface area (Å²) >= 11 is 0. The molecule has 0 aliphatic heterocycles. The van der Waals surface area contributed by atoms with Gasteiger partial charge < -0.3 is 24.8 Å². The second-order valence-corrected chi connectivity index (χ2v) is 9.77. The first kappa shape index (κ1) is 24.9. The van der Waals surface area contributed by atoms with E-state index in [9.17, 15) is 0 Å². The van der Waals surface area contributed by atoms with Gasteiger partial charge in [-0.3, -0.25) is 0 Å². The topological polar surface area (TPSA) is 0 Å². The molecule has 0 radical (unpaired) electrons. The number of benzene rings is 2. The molecule has 0 N–H and O–H groups in total. The zero-order valence-corrected chi connectivity index (χ0v) is 21.8. The molecule has 8 rings (SSSR count). The third-order valence-electron chi connectivity index (χ3n) is 7.93. The minimum atomic E-state index is 0. The smallest absolute Gasteiger partial charge is 1.00 e. The van der Waals surface area contributed by atoms with Crippen molar-refractivity contribution >= 4 is 0 Å². The molecule has 5 aliphatic carbocycles. The molecule has 4 saturated carbocycles. The number of hydrogen-bond donors (Lipinski definition) is 0. The Balaban J connectivity index is 0.000000162. The fraction of sp³-hybridized carbons (Fsp3) is 0.393. The number of rotatable bonds is 1. The van der Waals surface area contributed by atoms with Gasteiger partial charge >= 0.3 is 26.2 Å². The molecule has 0 nitrogen and oxygen atoms in total. The quantitative estimate of drug-likeness (QED) is 0.324. The zero-order chi connectivity index (χ0) is 18.6. The van der Waals surface area contributed by atoms with E-state index in [1.54, 1.807) is 24.8 Å². The molecule has 0 unspecified atom stereocenters. The van der Waals surface area contributed by atoms with E-state index in [1.165, 1.54) is 41.5 Å². The van der Waals surface area contributed by atoms with Crippen molar-refractivity contribution in [2.24, 2.45) is 17.8 Å². The molecule has 0 heterocycles. The van der Waals surface area contributed by atoms with E-state index in [0.29, 0.717) is 5.41 Å². The Labute approximate surface area is 218 Å². The standard InChI is InChI=1S/C15H19.C13H9.2ClH.Zr/c1-2-4-14(3-1)15-8-11-5-12(9-15)7-13(6-11)10-15;1-3-7-12-10(5-1)9-11-6-2-4-8-13(11)12;;;/h1-4,11-13H,5-10H2;1-5,7-8H,9H2;2*1H;/q2*-1;;;+4/p-2. The summed E-state index contributed by atoms with van der Waals surface area (Å²) < 4.78 is 0. The first-order valence-corrected chi connectivity index (χ1v) is 11.1. The zero-order valence-electron chi connectivity index (χ0n) is 17.8. The molecule has 158 valence electrons. The van der Waals surface area contributed by atoms with Crippen LogP contribution >= 0.6 is 0 Å². The maximum Gasteiger partial charge on any atom is 4.00 e. The van der Waals surface area contributed by atoms with Crippen molar-refractivity contribution in [1.29, 1.82) is 0 Å². The van der Waals surface area contributed by atoms with Crippen LogP contribution in [0.4, 0.5) is 0 Å². The average molecular weight is 527 g/mol. The van der Waals surface area contributed by atoms with Gasteiger partial charge in [0.25, 0.3) is 0 Å². The van der Waals surface area contributed by atoms with Crippen LogP contribution in [0.1, 0.15) is 55.2 Å². The summed E-state index contributed by atoms with van der Waals surface area (Å²) in [6, 6.07) is 27.3. The maximum atomic E-state index is 3.30. The summed E-state index contributed by atoms with van der Waals surface area (Å²) in [5, 5.41) is 0. The summed E-state index contributed by atoms with van der Waals surface area (Å²) in [4.78, 5) is 0. The monoisotopic (exact) mass is 524 g/mol. The molecule has 0 amide bonds. The van der Waals surface area contributed by atoms with Crippen LogP contribution in [0.3, 0.4) is 0 Å². The molecule has 31 heavy (non-hydrogen) atoms. The molecule has 3 aromatic carbocycles. The second-order valence-electron chi connectivity index (χ2n) is 9.77. The summed E-state index contributed by atoms with van der Waals surface area (Å²) in [7, 11) is 0. The minimum absolute atomic E-state index is 0. The number of fused-ring (bicyclic) bond motifs is 3. The second kappa shape index (κ2) is 10.0. The van der Waals surface area contributed by atoms with Crippen LogP contribution in [0.2, 0.25) is 0 Å². The van der Waals surface area contributed by atoms with Crippen molar-refractivity contribution in [3.8, 4) is 11.1 Å². The van der Waals surface area contributed by atoms with E-state index in [-0.39, 0.29) is 51.0 Å². The van der Waals surface area contributed by atoms with Crippen molar-refractivity contribution in [2.45, 2.75) is 50.4 Å². The van der Waals surface area contributed by atoms with E-state index in [2.05, 4.69) is 66.7 Å². The molecule has 5 aliphatic rings. The molecule has 0 spiro atoms. The van der Waals surface area contributed by atoms with Gasteiger partial charge in [-0.05, 0) is 43.4 Å². The van der Waals surface area contributed by atoms with E-state index in [0.717, 1.165) is 24.2 Å². The summed E-state index contributed by atoms with van der Waals surface area (Å²) in [5.74, 6) is 3.23. The average Bonchev–Trinajstić information content (AvgIpc) is 3.36. The largest absolute Gasteiger partial charge is 4.00 e. The predicted octanol–water partition coefficient (Wildman–Crippen LogP) is 0.937. The normalized spacial score (nSPS) is 28.1. The number of halogens is 2. The van der Waals surface area contributed by atoms with Crippen molar-refractivity contribution < 1.29 is 51.0 Å². The van der Waals surface area contributed by atoms with Crippen LogP contribution in [0.15, 0.2) is 66.7 Å². The molecular weight excluding hydrogens is 498 g/mol. The van der Waals surface area contributed by atoms with Gasteiger partial charge in [0, 0.05) is 0 Å². The Morgan fingerprint density at radius 2 is 1.45 bits per heavy atom. The fourth-order valence-corrected chi connectivity index (χ4v) is 7.19. The van der Waals surface area contributed by atoms with Gasteiger partial charge in [-0.2, -0.15) is 53.6 Å². The summed E-state index contributed by atoms with van der Waals surface area (Å²) in [6.45, 7) is 0. The first-order chi connectivity index (χ1) is 13.8. The van der Waals surface area contributed by atoms with Crippen molar-refractivity contribution in [2.75, 3.05) is 0 Å². The molecule has 4 fully saturated rings. The van der Waals surface area contributed by atoms with E-state index < -0.39 is 0 Å². The molecule has 3 aromatic rings. The van der Waals surface area contributed by atoms with Crippen molar-refractivity contribution in [1.82, 2.24) is 0 Å². The third-order valence-corrected chi connectivity index (χ3v) is 7.93. The Bertz CT molecular complexity index is 913. The molecule has 0 atom stereocenters. The van der Waals surface area contributed by atoms with Crippen LogP contribution in [0, 0.1) is 23.8 Å². The van der Waals surface area contributed by atoms with Crippen LogP contribution in [-0.4, -0.2) is 0 Å².